The average molecular weight is 264 g/mol. The molecule has 0 atom stereocenters. The number of carbonyl (C=O) groups excluding carboxylic acids is 1. The summed E-state index contributed by atoms with van der Waals surface area (Å²) in [6, 6.07) is 3.61. The van der Waals surface area contributed by atoms with Gasteiger partial charge in [0.25, 0.3) is 11.5 Å². The Balaban J connectivity index is 1.99. The molecule has 1 saturated carbocycles. The van der Waals surface area contributed by atoms with E-state index in [2.05, 4.69) is 15.5 Å². The van der Waals surface area contributed by atoms with Crippen molar-refractivity contribution in [2.24, 2.45) is 0 Å². The number of amides is 1. The van der Waals surface area contributed by atoms with E-state index in [9.17, 15) is 9.59 Å². The van der Waals surface area contributed by atoms with Crippen molar-refractivity contribution in [2.45, 2.75) is 37.8 Å². The Morgan fingerprint density at radius 1 is 1.37 bits per heavy atom. The zero-order chi connectivity index (χ0) is 13.8. The van der Waals surface area contributed by atoms with Crippen molar-refractivity contribution in [1.29, 1.82) is 0 Å². The number of nitrogens with one attached hydrogen (secondary N) is 2. The molecule has 104 valence electrons. The van der Waals surface area contributed by atoms with Crippen molar-refractivity contribution in [2.75, 3.05) is 14.1 Å². The van der Waals surface area contributed by atoms with E-state index in [0.717, 1.165) is 25.7 Å². The Morgan fingerprint density at radius 2 is 2.05 bits per heavy atom. The number of carbonyl (C=O) groups is 1. The molecule has 2 N–H and O–H groups in total. The van der Waals surface area contributed by atoms with Crippen LogP contribution in [-0.4, -0.2) is 47.2 Å². The molecule has 1 aromatic rings. The van der Waals surface area contributed by atoms with Crippen LogP contribution < -0.4 is 10.9 Å². The molecule has 1 aliphatic carbocycles. The van der Waals surface area contributed by atoms with Crippen LogP contribution in [0.2, 0.25) is 0 Å². The normalized spacial score (nSPS) is 23.1. The number of aromatic amines is 1. The summed E-state index contributed by atoms with van der Waals surface area (Å²) in [7, 11) is 3.78. The Morgan fingerprint density at radius 3 is 2.58 bits per heavy atom. The monoisotopic (exact) mass is 264 g/mol. The van der Waals surface area contributed by atoms with Gasteiger partial charge in [0.05, 0.1) is 0 Å². The predicted molar refractivity (Wildman–Crippen MR) is 72.1 cm³/mol. The number of rotatable bonds is 3. The summed E-state index contributed by atoms with van der Waals surface area (Å²) in [6.45, 7) is 0. The van der Waals surface area contributed by atoms with Crippen LogP contribution in [-0.2, 0) is 0 Å². The topological polar surface area (TPSA) is 78.1 Å². The fourth-order valence-electron chi connectivity index (χ4n) is 2.56. The van der Waals surface area contributed by atoms with E-state index in [1.807, 2.05) is 7.05 Å². The third-order valence-corrected chi connectivity index (χ3v) is 3.87. The maximum atomic E-state index is 12.2. The van der Waals surface area contributed by atoms with Crippen LogP contribution in [0.1, 0.15) is 36.2 Å². The van der Waals surface area contributed by atoms with Gasteiger partial charge in [-0.1, -0.05) is 0 Å². The number of nitrogens with zero attached hydrogens (tertiary/aromatic N) is 2. The van der Waals surface area contributed by atoms with Gasteiger partial charge in [-0.2, -0.15) is 5.10 Å². The molecule has 1 fully saturated rings. The van der Waals surface area contributed by atoms with Gasteiger partial charge >= 0.3 is 0 Å². The lowest BCUT2D eigenvalue weighted by atomic mass is 9.90. The van der Waals surface area contributed by atoms with Crippen molar-refractivity contribution >= 4 is 5.91 Å². The van der Waals surface area contributed by atoms with Crippen molar-refractivity contribution in [1.82, 2.24) is 20.4 Å². The SMILES string of the molecule is CNC1CCC(N(C)C(=O)c2ccc(=O)[nH]n2)CC1. The molecule has 1 amide bonds. The molecule has 0 aliphatic heterocycles. The molecule has 6 heteroatoms. The van der Waals surface area contributed by atoms with Crippen LogP contribution in [0.15, 0.2) is 16.9 Å². The lowest BCUT2D eigenvalue weighted by molar-refractivity contribution is 0.0678. The Labute approximate surface area is 112 Å². The number of H-pyrrole nitrogens is 1. The predicted octanol–water partition coefficient (Wildman–Crippen LogP) is 0.372. The molecule has 0 bridgehead atoms. The Bertz CT molecular complexity index is 471. The summed E-state index contributed by atoms with van der Waals surface area (Å²) in [6.07, 6.45) is 4.16. The first-order chi connectivity index (χ1) is 9.11. The fraction of sp³-hybridized carbons (Fsp3) is 0.615. The first kappa shape index (κ1) is 13.7. The van der Waals surface area contributed by atoms with Gasteiger partial charge in [-0.15, -0.1) is 0 Å². The van der Waals surface area contributed by atoms with Crippen LogP contribution in [0.3, 0.4) is 0 Å². The Hall–Kier alpha value is -1.69. The average Bonchev–Trinajstić information content (AvgIpc) is 2.46. The summed E-state index contributed by atoms with van der Waals surface area (Å²) < 4.78 is 0. The second-order valence-corrected chi connectivity index (χ2v) is 5.02. The third-order valence-electron chi connectivity index (χ3n) is 3.87. The van der Waals surface area contributed by atoms with Gasteiger partial charge in [-0.05, 0) is 38.8 Å². The van der Waals surface area contributed by atoms with E-state index in [1.54, 1.807) is 11.9 Å². The largest absolute Gasteiger partial charge is 0.337 e. The third kappa shape index (κ3) is 3.20. The summed E-state index contributed by atoms with van der Waals surface area (Å²) >= 11 is 0. The molecule has 0 radical (unpaired) electrons. The summed E-state index contributed by atoms with van der Waals surface area (Å²) in [5.74, 6) is -0.135. The molecule has 0 unspecified atom stereocenters. The summed E-state index contributed by atoms with van der Waals surface area (Å²) in [5.41, 5.74) is -0.00780. The van der Waals surface area contributed by atoms with Gasteiger partial charge < -0.3 is 10.2 Å². The molecular formula is C13H20N4O2. The van der Waals surface area contributed by atoms with E-state index < -0.39 is 0 Å². The second kappa shape index (κ2) is 5.97. The number of hydrogen-bond donors (Lipinski definition) is 2. The maximum Gasteiger partial charge on any atom is 0.274 e. The van der Waals surface area contributed by atoms with E-state index in [-0.39, 0.29) is 23.2 Å². The van der Waals surface area contributed by atoms with Crippen molar-refractivity contribution in [3.05, 3.63) is 28.2 Å². The minimum absolute atomic E-state index is 0.135. The van der Waals surface area contributed by atoms with Gasteiger partial charge in [0, 0.05) is 25.2 Å². The molecule has 1 aliphatic rings. The molecule has 0 aromatic carbocycles. The van der Waals surface area contributed by atoms with E-state index in [0.29, 0.717) is 6.04 Å². The van der Waals surface area contributed by atoms with Crippen LogP contribution >= 0.6 is 0 Å². The minimum atomic E-state index is -0.297. The standard InChI is InChI=1S/C13H20N4O2/c1-14-9-3-5-10(6-4-9)17(2)13(19)11-7-8-12(18)16-15-11/h7-10,14H,3-6H2,1-2H3,(H,16,18). The molecular weight excluding hydrogens is 244 g/mol. The Kier molecular flexibility index (Phi) is 4.31. The lowest BCUT2D eigenvalue weighted by Gasteiger charge is -2.34. The molecule has 19 heavy (non-hydrogen) atoms. The van der Waals surface area contributed by atoms with Crippen molar-refractivity contribution in [3.63, 3.8) is 0 Å². The maximum absolute atomic E-state index is 12.2. The van der Waals surface area contributed by atoms with Crippen LogP contribution in [0.25, 0.3) is 0 Å². The highest BCUT2D eigenvalue weighted by Crippen LogP contribution is 2.22. The minimum Gasteiger partial charge on any atom is -0.337 e. The van der Waals surface area contributed by atoms with E-state index >= 15 is 0 Å². The highest BCUT2D eigenvalue weighted by Gasteiger charge is 2.26. The van der Waals surface area contributed by atoms with Crippen molar-refractivity contribution < 1.29 is 4.79 Å². The highest BCUT2D eigenvalue weighted by molar-refractivity contribution is 5.92. The molecule has 0 spiro atoms. The first-order valence-corrected chi connectivity index (χ1v) is 6.62. The van der Waals surface area contributed by atoms with Crippen molar-refractivity contribution in [3.8, 4) is 0 Å². The molecule has 2 rings (SSSR count). The number of hydrogen-bond acceptors (Lipinski definition) is 4. The molecule has 1 heterocycles. The van der Waals surface area contributed by atoms with E-state index in [4.69, 9.17) is 0 Å². The van der Waals surface area contributed by atoms with Crippen LogP contribution in [0.4, 0.5) is 0 Å². The highest BCUT2D eigenvalue weighted by atomic mass is 16.2. The lowest BCUT2D eigenvalue weighted by Crippen LogP contribution is -2.43. The zero-order valence-corrected chi connectivity index (χ0v) is 11.3. The fourth-order valence-corrected chi connectivity index (χ4v) is 2.56. The van der Waals surface area contributed by atoms with Gasteiger partial charge in [-0.25, -0.2) is 5.10 Å². The summed E-state index contributed by atoms with van der Waals surface area (Å²) in [5, 5.41) is 9.35. The van der Waals surface area contributed by atoms with Gasteiger partial charge in [0.1, 0.15) is 5.69 Å². The first-order valence-electron chi connectivity index (χ1n) is 6.62. The number of aromatic nitrogens is 2. The second-order valence-electron chi connectivity index (χ2n) is 5.02. The smallest absolute Gasteiger partial charge is 0.274 e. The molecule has 1 aromatic heterocycles. The van der Waals surface area contributed by atoms with Gasteiger partial charge in [-0.3, -0.25) is 9.59 Å². The quantitative estimate of drug-likeness (QED) is 0.827. The van der Waals surface area contributed by atoms with Gasteiger partial charge in [0.2, 0.25) is 0 Å². The summed E-state index contributed by atoms with van der Waals surface area (Å²) in [4.78, 5) is 24.9. The van der Waals surface area contributed by atoms with Crippen LogP contribution in [0, 0.1) is 0 Å². The van der Waals surface area contributed by atoms with E-state index in [1.165, 1.54) is 12.1 Å². The molecule has 0 saturated heterocycles. The zero-order valence-electron chi connectivity index (χ0n) is 11.3. The molecule has 6 nitrogen and oxygen atoms in total. The van der Waals surface area contributed by atoms with Crippen LogP contribution in [0.5, 0.6) is 0 Å². The van der Waals surface area contributed by atoms with Gasteiger partial charge in [0.15, 0.2) is 0 Å².